The van der Waals surface area contributed by atoms with Crippen LogP contribution in [0.25, 0.3) is 12.2 Å². The second-order valence-electron chi connectivity index (χ2n) is 4.99. The van der Waals surface area contributed by atoms with Crippen LogP contribution in [0.15, 0.2) is 42.5 Å². The largest absolute Gasteiger partial charge is 0.399 e. The van der Waals surface area contributed by atoms with E-state index in [0.29, 0.717) is 13.0 Å². The lowest BCUT2D eigenvalue weighted by atomic mass is 10.1. The second-order valence-corrected chi connectivity index (χ2v) is 4.99. The third-order valence-corrected chi connectivity index (χ3v) is 3.42. The summed E-state index contributed by atoms with van der Waals surface area (Å²) in [6.45, 7) is 0.644. The van der Waals surface area contributed by atoms with E-state index in [0.717, 1.165) is 28.2 Å². The molecule has 0 atom stereocenters. The number of nitrogen functional groups attached to an aromatic ring is 1. The van der Waals surface area contributed by atoms with Crippen molar-refractivity contribution in [2.45, 2.75) is 6.42 Å². The molecule has 21 heavy (non-hydrogen) atoms. The summed E-state index contributed by atoms with van der Waals surface area (Å²) < 4.78 is 0. The molecule has 0 aliphatic carbocycles. The molecule has 1 aliphatic rings. The van der Waals surface area contributed by atoms with Gasteiger partial charge in [-0.25, -0.2) is 0 Å². The second kappa shape index (κ2) is 5.71. The standard InChI is InChI=1S/C17H17N3O/c18-14-8-5-12(6-9-14)4-7-13-2-1-3-15-17(13)19-11-10-16(21)20-15/h1-9,19H,10-11,18H2,(H,20,21)/b7-4+. The van der Waals surface area contributed by atoms with Crippen LogP contribution in [-0.4, -0.2) is 12.5 Å². The summed E-state index contributed by atoms with van der Waals surface area (Å²) in [5.41, 5.74) is 10.4. The van der Waals surface area contributed by atoms with Crippen molar-refractivity contribution in [3.8, 4) is 0 Å². The van der Waals surface area contributed by atoms with Crippen LogP contribution < -0.4 is 16.4 Å². The fourth-order valence-corrected chi connectivity index (χ4v) is 2.32. The maximum atomic E-state index is 11.6. The molecule has 0 aromatic heterocycles. The summed E-state index contributed by atoms with van der Waals surface area (Å²) in [5, 5.41) is 6.23. The van der Waals surface area contributed by atoms with Crippen LogP contribution in [0.4, 0.5) is 17.1 Å². The topological polar surface area (TPSA) is 67.1 Å². The van der Waals surface area contributed by atoms with E-state index in [1.54, 1.807) is 0 Å². The molecule has 0 unspecified atom stereocenters. The van der Waals surface area contributed by atoms with E-state index in [4.69, 9.17) is 5.73 Å². The number of benzene rings is 2. The van der Waals surface area contributed by atoms with Gasteiger partial charge in [0.15, 0.2) is 0 Å². The SMILES string of the molecule is Nc1ccc(/C=C/c2cccc3c2NCCC(=O)N3)cc1. The Morgan fingerprint density at radius 2 is 1.86 bits per heavy atom. The molecular weight excluding hydrogens is 262 g/mol. The van der Waals surface area contributed by atoms with Crippen molar-refractivity contribution < 1.29 is 4.79 Å². The molecule has 0 saturated carbocycles. The molecule has 3 rings (SSSR count). The molecule has 0 radical (unpaired) electrons. The first-order valence-corrected chi connectivity index (χ1v) is 6.93. The van der Waals surface area contributed by atoms with Crippen LogP contribution in [0.3, 0.4) is 0 Å². The van der Waals surface area contributed by atoms with Gasteiger partial charge in [-0.1, -0.05) is 36.4 Å². The Hall–Kier alpha value is -2.75. The zero-order valence-corrected chi connectivity index (χ0v) is 11.6. The molecule has 4 N–H and O–H groups in total. The summed E-state index contributed by atoms with van der Waals surface area (Å²) >= 11 is 0. The number of nitrogens with one attached hydrogen (secondary N) is 2. The Labute approximate surface area is 123 Å². The normalized spacial score (nSPS) is 14.2. The zero-order chi connectivity index (χ0) is 14.7. The van der Waals surface area contributed by atoms with Crippen LogP contribution in [-0.2, 0) is 4.79 Å². The lowest BCUT2D eigenvalue weighted by Gasteiger charge is -2.10. The van der Waals surface area contributed by atoms with E-state index in [2.05, 4.69) is 10.6 Å². The van der Waals surface area contributed by atoms with Crippen molar-refractivity contribution in [2.24, 2.45) is 0 Å². The minimum atomic E-state index is 0.0425. The van der Waals surface area contributed by atoms with Crippen LogP contribution >= 0.6 is 0 Å². The third kappa shape index (κ3) is 3.05. The summed E-state index contributed by atoms with van der Waals surface area (Å²) in [6, 6.07) is 13.6. The molecule has 1 aliphatic heterocycles. The average Bonchev–Trinajstić information content (AvgIpc) is 2.67. The first-order chi connectivity index (χ1) is 10.2. The van der Waals surface area contributed by atoms with Gasteiger partial charge >= 0.3 is 0 Å². The molecule has 4 heteroatoms. The van der Waals surface area contributed by atoms with Gasteiger partial charge in [0.2, 0.25) is 5.91 Å². The summed E-state index contributed by atoms with van der Waals surface area (Å²) in [7, 11) is 0. The molecule has 1 heterocycles. The zero-order valence-electron chi connectivity index (χ0n) is 11.6. The number of carbonyl (C=O) groups is 1. The quantitative estimate of drug-likeness (QED) is 0.584. The number of carbonyl (C=O) groups excluding carboxylic acids is 1. The van der Waals surface area contributed by atoms with Gasteiger partial charge in [0.1, 0.15) is 0 Å². The summed E-state index contributed by atoms with van der Waals surface area (Å²) in [5.74, 6) is 0.0425. The monoisotopic (exact) mass is 279 g/mol. The van der Waals surface area contributed by atoms with Crippen molar-refractivity contribution in [1.29, 1.82) is 0 Å². The molecule has 106 valence electrons. The van der Waals surface area contributed by atoms with Crippen LogP contribution in [0.2, 0.25) is 0 Å². The predicted molar refractivity (Wildman–Crippen MR) is 88.0 cm³/mol. The van der Waals surface area contributed by atoms with Gasteiger partial charge in [0, 0.05) is 18.7 Å². The molecule has 0 saturated heterocycles. The minimum absolute atomic E-state index is 0.0425. The highest BCUT2D eigenvalue weighted by Crippen LogP contribution is 2.29. The number of nitrogens with two attached hydrogens (primary N) is 1. The molecule has 0 bridgehead atoms. The highest BCUT2D eigenvalue weighted by molar-refractivity contribution is 5.98. The van der Waals surface area contributed by atoms with Crippen molar-refractivity contribution >= 4 is 35.1 Å². The Kier molecular flexibility index (Phi) is 3.60. The number of amides is 1. The Morgan fingerprint density at radius 3 is 2.67 bits per heavy atom. The molecule has 1 amide bonds. The van der Waals surface area contributed by atoms with Gasteiger partial charge in [-0.3, -0.25) is 4.79 Å². The van der Waals surface area contributed by atoms with E-state index in [9.17, 15) is 4.79 Å². The highest BCUT2D eigenvalue weighted by Gasteiger charge is 2.13. The van der Waals surface area contributed by atoms with Crippen LogP contribution in [0.1, 0.15) is 17.5 Å². The molecule has 2 aromatic rings. The Balaban J connectivity index is 1.91. The summed E-state index contributed by atoms with van der Waals surface area (Å²) in [6.07, 6.45) is 4.55. The maximum Gasteiger partial charge on any atom is 0.226 e. The predicted octanol–water partition coefficient (Wildman–Crippen LogP) is 3.19. The van der Waals surface area contributed by atoms with Crippen LogP contribution in [0.5, 0.6) is 0 Å². The number of anilines is 3. The van der Waals surface area contributed by atoms with Crippen molar-refractivity contribution in [1.82, 2.24) is 0 Å². The van der Waals surface area contributed by atoms with Gasteiger partial charge in [-0.15, -0.1) is 0 Å². The third-order valence-electron chi connectivity index (χ3n) is 3.42. The van der Waals surface area contributed by atoms with E-state index in [1.807, 2.05) is 54.6 Å². The highest BCUT2D eigenvalue weighted by atomic mass is 16.1. The van der Waals surface area contributed by atoms with Gasteiger partial charge < -0.3 is 16.4 Å². The van der Waals surface area contributed by atoms with Gasteiger partial charge in [0.05, 0.1) is 11.4 Å². The van der Waals surface area contributed by atoms with E-state index >= 15 is 0 Å². The fraction of sp³-hybridized carbons (Fsp3) is 0.118. The number of hydrogen-bond acceptors (Lipinski definition) is 3. The smallest absolute Gasteiger partial charge is 0.226 e. The number of para-hydroxylation sites is 1. The Bertz CT molecular complexity index is 690. The summed E-state index contributed by atoms with van der Waals surface area (Å²) in [4.78, 5) is 11.6. The first kappa shape index (κ1) is 13.2. The van der Waals surface area contributed by atoms with Gasteiger partial charge in [-0.2, -0.15) is 0 Å². The van der Waals surface area contributed by atoms with E-state index in [-0.39, 0.29) is 5.91 Å². The molecule has 4 nitrogen and oxygen atoms in total. The number of rotatable bonds is 2. The molecular formula is C17H17N3O. The minimum Gasteiger partial charge on any atom is -0.399 e. The van der Waals surface area contributed by atoms with Crippen molar-refractivity contribution in [3.05, 3.63) is 53.6 Å². The lowest BCUT2D eigenvalue weighted by molar-refractivity contribution is -0.115. The molecule has 0 spiro atoms. The van der Waals surface area contributed by atoms with E-state index in [1.165, 1.54) is 0 Å². The number of fused-ring (bicyclic) bond motifs is 1. The Morgan fingerprint density at radius 1 is 1.05 bits per heavy atom. The number of hydrogen-bond donors (Lipinski definition) is 3. The average molecular weight is 279 g/mol. The van der Waals surface area contributed by atoms with E-state index < -0.39 is 0 Å². The first-order valence-electron chi connectivity index (χ1n) is 6.93. The lowest BCUT2D eigenvalue weighted by Crippen LogP contribution is -2.10. The molecule has 0 fully saturated rings. The van der Waals surface area contributed by atoms with Gasteiger partial charge in [-0.05, 0) is 29.3 Å². The van der Waals surface area contributed by atoms with Crippen LogP contribution in [0, 0.1) is 0 Å². The maximum absolute atomic E-state index is 11.6. The van der Waals surface area contributed by atoms with Crippen molar-refractivity contribution in [2.75, 3.05) is 22.9 Å². The fourth-order valence-electron chi connectivity index (χ4n) is 2.32. The van der Waals surface area contributed by atoms with Crippen molar-refractivity contribution in [3.63, 3.8) is 0 Å². The van der Waals surface area contributed by atoms with Gasteiger partial charge in [0.25, 0.3) is 0 Å². The molecule has 2 aromatic carbocycles.